The summed E-state index contributed by atoms with van der Waals surface area (Å²) in [5, 5.41) is 2.69. The number of hydrogen-bond acceptors (Lipinski definition) is 7. The predicted molar refractivity (Wildman–Crippen MR) is 147 cm³/mol. The Morgan fingerprint density at radius 3 is 2.34 bits per heavy atom. The minimum Gasteiger partial charge on any atom is -0.338 e. The van der Waals surface area contributed by atoms with Crippen molar-refractivity contribution in [2.75, 3.05) is 38.5 Å². The summed E-state index contributed by atoms with van der Waals surface area (Å²) in [5.74, 6) is 0.0404. The van der Waals surface area contributed by atoms with Gasteiger partial charge in [0.25, 0.3) is 0 Å². The number of urea groups is 1. The fourth-order valence-electron chi connectivity index (χ4n) is 5.16. The molecule has 3 amide bonds. The van der Waals surface area contributed by atoms with Gasteiger partial charge in [0, 0.05) is 51.0 Å². The van der Waals surface area contributed by atoms with Crippen molar-refractivity contribution >= 4 is 17.8 Å². The van der Waals surface area contributed by atoms with Crippen LogP contribution in [0.4, 0.5) is 10.6 Å². The number of anilines is 1. The van der Waals surface area contributed by atoms with Gasteiger partial charge in [0.2, 0.25) is 5.91 Å². The molecule has 11 nitrogen and oxygen atoms in total. The maximum Gasteiger partial charge on any atom is 0.354 e. The number of nitrogens with zero attached hydrogens (tertiary/aromatic N) is 5. The van der Waals surface area contributed by atoms with Gasteiger partial charge in [-0.3, -0.25) is 19.6 Å². The van der Waals surface area contributed by atoms with Gasteiger partial charge in [0.05, 0.1) is 11.2 Å². The van der Waals surface area contributed by atoms with E-state index in [-0.39, 0.29) is 23.8 Å². The van der Waals surface area contributed by atoms with Crippen LogP contribution in [0, 0.1) is 0 Å². The molecule has 0 bridgehead atoms. The van der Waals surface area contributed by atoms with Gasteiger partial charge < -0.3 is 21.3 Å². The van der Waals surface area contributed by atoms with E-state index in [1.54, 1.807) is 35.9 Å². The number of piperazine rings is 1. The predicted octanol–water partition coefficient (Wildman–Crippen LogP) is 1.35. The van der Waals surface area contributed by atoms with E-state index in [0.717, 1.165) is 24.9 Å². The van der Waals surface area contributed by atoms with Gasteiger partial charge in [-0.1, -0.05) is 18.6 Å². The first kappa shape index (κ1) is 27.7. The van der Waals surface area contributed by atoms with E-state index >= 15 is 0 Å². The van der Waals surface area contributed by atoms with Gasteiger partial charge >= 0.3 is 11.7 Å². The third-order valence-electron chi connectivity index (χ3n) is 7.40. The molecule has 1 saturated heterocycles. The van der Waals surface area contributed by atoms with Gasteiger partial charge in [-0.25, -0.2) is 9.59 Å². The Morgan fingerprint density at radius 1 is 1.08 bits per heavy atom. The zero-order chi connectivity index (χ0) is 27.4. The van der Waals surface area contributed by atoms with Crippen molar-refractivity contribution in [3.8, 4) is 5.69 Å². The lowest BCUT2D eigenvalue weighted by molar-refractivity contribution is -0.137. The molecular formula is C27H40N8O3. The summed E-state index contributed by atoms with van der Waals surface area (Å²) in [5.41, 5.74) is 12.5. The molecule has 0 unspecified atom stereocenters. The van der Waals surface area contributed by atoms with Crippen molar-refractivity contribution in [1.29, 1.82) is 0 Å². The molecule has 1 saturated carbocycles. The summed E-state index contributed by atoms with van der Waals surface area (Å²) in [7, 11) is 2.14. The topological polar surface area (TPSA) is 143 Å². The van der Waals surface area contributed by atoms with E-state index in [1.165, 1.54) is 17.4 Å². The molecule has 38 heavy (non-hydrogen) atoms. The Kier molecular flexibility index (Phi) is 8.49. The SMILES string of the molecule is CN(Cc1ccc(-n2ccc(NC(=O)N3CCN(C(=O)C(C)(C)N)CC3)nc2=O)cc1)[C@H]1CCC[C@@H](N)C1. The van der Waals surface area contributed by atoms with Crippen LogP contribution in [0.3, 0.4) is 0 Å². The third-order valence-corrected chi connectivity index (χ3v) is 7.40. The molecule has 0 radical (unpaired) electrons. The van der Waals surface area contributed by atoms with E-state index in [1.807, 2.05) is 24.3 Å². The highest BCUT2D eigenvalue weighted by Gasteiger charge is 2.31. The summed E-state index contributed by atoms with van der Waals surface area (Å²) in [6.45, 7) is 5.72. The van der Waals surface area contributed by atoms with Crippen LogP contribution in [0.5, 0.6) is 0 Å². The van der Waals surface area contributed by atoms with E-state index in [0.29, 0.717) is 37.9 Å². The number of amides is 3. The zero-order valence-corrected chi connectivity index (χ0v) is 22.6. The molecule has 5 N–H and O–H groups in total. The summed E-state index contributed by atoms with van der Waals surface area (Å²) in [6.07, 6.45) is 6.09. The largest absolute Gasteiger partial charge is 0.354 e. The number of hydrogen-bond donors (Lipinski definition) is 3. The highest BCUT2D eigenvalue weighted by molar-refractivity contribution is 5.89. The van der Waals surface area contributed by atoms with Crippen molar-refractivity contribution in [2.45, 2.75) is 63.7 Å². The second kappa shape index (κ2) is 11.6. The van der Waals surface area contributed by atoms with E-state index < -0.39 is 11.2 Å². The molecule has 2 aromatic rings. The van der Waals surface area contributed by atoms with Crippen LogP contribution in [0.1, 0.15) is 45.1 Å². The van der Waals surface area contributed by atoms with Crippen molar-refractivity contribution in [3.63, 3.8) is 0 Å². The van der Waals surface area contributed by atoms with Crippen LogP contribution in [-0.2, 0) is 11.3 Å². The standard InChI is InChI=1S/C27H40N8O3/c1-27(2,29)24(36)33-13-15-34(16-14-33)25(37)30-23-11-12-35(26(38)31-23)21-9-7-19(8-10-21)18-32(3)22-6-4-5-20(28)17-22/h7-12,20,22H,4-6,13-18,28-29H2,1-3H3,(H,30,31,37,38)/t20-,22+/m1/s1. The van der Waals surface area contributed by atoms with Crippen molar-refractivity contribution in [1.82, 2.24) is 24.3 Å². The Balaban J connectivity index is 1.32. The maximum atomic E-state index is 12.7. The lowest BCUT2D eigenvalue weighted by atomic mass is 9.90. The quantitative estimate of drug-likeness (QED) is 0.518. The number of aromatic nitrogens is 2. The van der Waals surface area contributed by atoms with Crippen molar-refractivity contribution < 1.29 is 9.59 Å². The van der Waals surface area contributed by atoms with Crippen molar-refractivity contribution in [3.05, 3.63) is 52.6 Å². The number of nitrogens with two attached hydrogens (primary N) is 2. The number of nitrogens with one attached hydrogen (secondary N) is 1. The highest BCUT2D eigenvalue weighted by Crippen LogP contribution is 2.22. The minimum absolute atomic E-state index is 0.142. The Labute approximate surface area is 223 Å². The monoisotopic (exact) mass is 524 g/mol. The first-order chi connectivity index (χ1) is 18.0. The number of carbonyl (C=O) groups excluding carboxylic acids is 2. The molecule has 2 fully saturated rings. The van der Waals surface area contributed by atoms with Gasteiger partial charge in [-0.05, 0) is 63.9 Å². The molecule has 0 spiro atoms. The average Bonchev–Trinajstić information content (AvgIpc) is 2.88. The average molecular weight is 525 g/mol. The lowest BCUT2D eigenvalue weighted by Crippen LogP contribution is -2.58. The van der Waals surface area contributed by atoms with Gasteiger partial charge in [-0.2, -0.15) is 4.98 Å². The molecule has 1 aromatic carbocycles. The van der Waals surface area contributed by atoms with Crippen molar-refractivity contribution in [2.24, 2.45) is 11.5 Å². The molecule has 4 rings (SSSR count). The normalized spacial score (nSPS) is 20.5. The summed E-state index contributed by atoms with van der Waals surface area (Å²) < 4.78 is 1.45. The van der Waals surface area contributed by atoms with Gasteiger partial charge in [0.15, 0.2) is 0 Å². The third kappa shape index (κ3) is 6.77. The van der Waals surface area contributed by atoms with E-state index in [9.17, 15) is 14.4 Å². The zero-order valence-electron chi connectivity index (χ0n) is 22.6. The molecule has 2 aliphatic rings. The second-order valence-electron chi connectivity index (χ2n) is 11.1. The smallest absolute Gasteiger partial charge is 0.338 e. The Morgan fingerprint density at radius 2 is 1.74 bits per heavy atom. The molecule has 206 valence electrons. The molecule has 2 heterocycles. The summed E-state index contributed by atoms with van der Waals surface area (Å²) in [6, 6.07) is 9.87. The first-order valence-electron chi connectivity index (χ1n) is 13.3. The fraction of sp³-hybridized carbons (Fsp3) is 0.556. The van der Waals surface area contributed by atoms with E-state index in [2.05, 4.69) is 22.2 Å². The molecule has 2 atom stereocenters. The van der Waals surface area contributed by atoms with Crippen LogP contribution in [0.15, 0.2) is 41.3 Å². The van der Waals surface area contributed by atoms with Gasteiger partial charge in [-0.15, -0.1) is 0 Å². The number of rotatable bonds is 6. The molecule has 1 aliphatic carbocycles. The van der Waals surface area contributed by atoms with Crippen LogP contribution in [-0.4, -0.2) is 87.0 Å². The molecule has 11 heteroatoms. The fourth-order valence-corrected chi connectivity index (χ4v) is 5.16. The highest BCUT2D eigenvalue weighted by atomic mass is 16.2. The minimum atomic E-state index is -0.946. The number of carbonyl (C=O) groups is 2. The lowest BCUT2D eigenvalue weighted by Gasteiger charge is -2.37. The van der Waals surface area contributed by atoms with E-state index in [4.69, 9.17) is 11.5 Å². The Hall–Kier alpha value is -3.28. The summed E-state index contributed by atoms with van der Waals surface area (Å²) in [4.78, 5) is 47.4. The summed E-state index contributed by atoms with van der Waals surface area (Å²) >= 11 is 0. The van der Waals surface area contributed by atoms with Crippen LogP contribution in [0.2, 0.25) is 0 Å². The second-order valence-corrected chi connectivity index (χ2v) is 11.1. The van der Waals surface area contributed by atoms with Crippen LogP contribution >= 0.6 is 0 Å². The number of benzene rings is 1. The van der Waals surface area contributed by atoms with Crippen LogP contribution in [0.25, 0.3) is 5.69 Å². The maximum absolute atomic E-state index is 12.7. The molecular weight excluding hydrogens is 484 g/mol. The first-order valence-corrected chi connectivity index (χ1v) is 13.3. The Bertz CT molecular complexity index is 1180. The van der Waals surface area contributed by atoms with Crippen LogP contribution < -0.4 is 22.5 Å². The van der Waals surface area contributed by atoms with Gasteiger partial charge in [0.1, 0.15) is 5.82 Å². The molecule has 1 aromatic heterocycles. The molecule has 1 aliphatic heterocycles.